The van der Waals surface area contributed by atoms with E-state index in [0.29, 0.717) is 12.4 Å². The highest BCUT2D eigenvalue weighted by Gasteiger charge is 2.24. The number of benzene rings is 1. The van der Waals surface area contributed by atoms with Crippen LogP contribution >= 0.6 is 11.6 Å². The van der Waals surface area contributed by atoms with E-state index >= 15 is 0 Å². The van der Waals surface area contributed by atoms with Crippen molar-refractivity contribution in [1.82, 2.24) is 0 Å². The van der Waals surface area contributed by atoms with Gasteiger partial charge in [0, 0.05) is 11.5 Å². The summed E-state index contributed by atoms with van der Waals surface area (Å²) in [7, 11) is 0. The molecule has 1 aliphatic heterocycles. The Labute approximate surface area is 88.8 Å². The molecule has 3 heteroatoms. The molecule has 1 heterocycles. The van der Waals surface area contributed by atoms with Gasteiger partial charge in [-0.1, -0.05) is 32.4 Å². The van der Waals surface area contributed by atoms with Crippen LogP contribution in [-0.4, -0.2) is 6.61 Å². The van der Waals surface area contributed by atoms with E-state index in [9.17, 15) is 4.39 Å². The number of fused-ring (bicyclic) bond motifs is 1. The summed E-state index contributed by atoms with van der Waals surface area (Å²) in [6.07, 6.45) is 0. The molecular formula is C11H14ClFO. The van der Waals surface area contributed by atoms with Crippen LogP contribution in [0, 0.1) is 5.82 Å². The van der Waals surface area contributed by atoms with E-state index in [4.69, 9.17) is 16.3 Å². The van der Waals surface area contributed by atoms with Gasteiger partial charge in [0.1, 0.15) is 11.6 Å². The van der Waals surface area contributed by atoms with Gasteiger partial charge in [-0.15, -0.1) is 0 Å². The van der Waals surface area contributed by atoms with Gasteiger partial charge in [0.05, 0.1) is 11.6 Å². The normalized spacial score (nSPS) is 17.9. The first-order valence-electron chi connectivity index (χ1n) is 4.81. The van der Waals surface area contributed by atoms with Gasteiger partial charge >= 0.3 is 0 Å². The van der Waals surface area contributed by atoms with Gasteiger partial charge in [-0.3, -0.25) is 0 Å². The molecule has 0 fully saturated rings. The number of hydrogen-bond donors (Lipinski definition) is 0. The zero-order chi connectivity index (χ0) is 10.7. The fourth-order valence-corrected chi connectivity index (χ4v) is 1.77. The molecule has 14 heavy (non-hydrogen) atoms. The smallest absolute Gasteiger partial charge is 0.142 e. The van der Waals surface area contributed by atoms with Crippen LogP contribution < -0.4 is 4.74 Å². The van der Waals surface area contributed by atoms with Crippen LogP contribution in [0.3, 0.4) is 0 Å². The topological polar surface area (TPSA) is 9.23 Å². The molecule has 78 valence electrons. The fourth-order valence-electron chi connectivity index (χ4n) is 1.43. The first-order valence-corrected chi connectivity index (χ1v) is 5.18. The van der Waals surface area contributed by atoms with E-state index < -0.39 is 0 Å². The van der Waals surface area contributed by atoms with Crippen molar-refractivity contribution in [3.05, 3.63) is 28.5 Å². The van der Waals surface area contributed by atoms with E-state index in [1.165, 1.54) is 6.07 Å². The van der Waals surface area contributed by atoms with E-state index in [0.717, 1.165) is 5.56 Å². The molecule has 0 aliphatic carbocycles. The minimum atomic E-state index is -0.368. The van der Waals surface area contributed by atoms with Crippen LogP contribution in [0.25, 0.3) is 0 Å². The lowest BCUT2D eigenvalue weighted by Crippen LogP contribution is -1.94. The highest BCUT2D eigenvalue weighted by molar-refractivity contribution is 6.31. The summed E-state index contributed by atoms with van der Waals surface area (Å²) >= 11 is 5.78. The Kier molecular flexibility index (Phi) is 3.76. The molecule has 0 saturated carbocycles. The number of rotatable bonds is 0. The molecular weight excluding hydrogens is 203 g/mol. The molecule has 1 aromatic carbocycles. The van der Waals surface area contributed by atoms with Crippen LogP contribution in [0.5, 0.6) is 5.75 Å². The van der Waals surface area contributed by atoms with Crippen molar-refractivity contribution in [2.24, 2.45) is 0 Å². The summed E-state index contributed by atoms with van der Waals surface area (Å²) in [6.45, 7) is 6.57. The van der Waals surface area contributed by atoms with E-state index in [2.05, 4.69) is 0 Å². The molecule has 0 spiro atoms. The monoisotopic (exact) mass is 216 g/mol. The number of halogens is 2. The Balaban J connectivity index is 0.000000461. The van der Waals surface area contributed by atoms with Crippen molar-refractivity contribution < 1.29 is 9.13 Å². The third-order valence-corrected chi connectivity index (χ3v) is 2.46. The molecule has 1 aliphatic rings. The summed E-state index contributed by atoms with van der Waals surface area (Å²) in [5, 5.41) is 0.206. The molecule has 1 nitrogen and oxygen atoms in total. The van der Waals surface area contributed by atoms with Crippen LogP contribution in [0.1, 0.15) is 32.3 Å². The molecule has 1 unspecified atom stereocenters. The molecule has 0 amide bonds. The largest absolute Gasteiger partial charge is 0.493 e. The second-order valence-electron chi connectivity index (χ2n) is 2.99. The Bertz CT molecular complexity index is 325. The van der Waals surface area contributed by atoms with Gasteiger partial charge in [0.2, 0.25) is 0 Å². The standard InChI is InChI=1S/C9H8ClFO.C2H6/c1-5-4-12-7-3-2-6(11)9(10)8(5)7;1-2/h2-3,5H,4H2,1H3;1-2H3. The third kappa shape index (κ3) is 1.85. The van der Waals surface area contributed by atoms with Gasteiger partial charge in [-0.05, 0) is 12.1 Å². The SMILES string of the molecule is CC.CC1COc2ccc(F)c(Cl)c21. The molecule has 1 aromatic rings. The Morgan fingerprint density at radius 1 is 1.43 bits per heavy atom. The summed E-state index contributed by atoms with van der Waals surface area (Å²) in [4.78, 5) is 0. The van der Waals surface area contributed by atoms with Crippen molar-refractivity contribution in [2.75, 3.05) is 6.61 Å². The van der Waals surface area contributed by atoms with Crippen molar-refractivity contribution in [2.45, 2.75) is 26.7 Å². The molecule has 0 aromatic heterocycles. The number of hydrogen-bond acceptors (Lipinski definition) is 1. The summed E-state index contributed by atoms with van der Waals surface area (Å²) < 4.78 is 18.3. The van der Waals surface area contributed by atoms with E-state index in [1.54, 1.807) is 6.07 Å². The predicted octanol–water partition coefficient (Wildman–Crippen LogP) is 4.00. The highest BCUT2D eigenvalue weighted by atomic mass is 35.5. The first-order chi connectivity index (χ1) is 6.70. The summed E-state index contributed by atoms with van der Waals surface area (Å²) in [6, 6.07) is 2.96. The van der Waals surface area contributed by atoms with Gasteiger partial charge in [-0.25, -0.2) is 4.39 Å². The number of ether oxygens (including phenoxy) is 1. The lowest BCUT2D eigenvalue weighted by Gasteiger charge is -2.03. The maximum absolute atomic E-state index is 13.0. The quantitative estimate of drug-likeness (QED) is 0.637. The second-order valence-corrected chi connectivity index (χ2v) is 3.36. The lowest BCUT2D eigenvalue weighted by atomic mass is 10.0. The summed E-state index contributed by atoms with van der Waals surface area (Å²) in [5.41, 5.74) is 0.802. The Morgan fingerprint density at radius 3 is 2.71 bits per heavy atom. The van der Waals surface area contributed by atoms with Crippen LogP contribution in [0.15, 0.2) is 12.1 Å². The highest BCUT2D eigenvalue weighted by Crippen LogP contribution is 2.39. The van der Waals surface area contributed by atoms with Crippen molar-refractivity contribution in [1.29, 1.82) is 0 Å². The van der Waals surface area contributed by atoms with E-state index in [1.807, 2.05) is 20.8 Å². The first kappa shape index (κ1) is 11.3. The predicted molar refractivity (Wildman–Crippen MR) is 56.7 cm³/mol. The van der Waals surface area contributed by atoms with Crippen molar-refractivity contribution >= 4 is 11.6 Å². The molecule has 2 rings (SSSR count). The zero-order valence-electron chi connectivity index (χ0n) is 8.60. The summed E-state index contributed by atoms with van der Waals surface area (Å²) in [5.74, 6) is 0.546. The van der Waals surface area contributed by atoms with Crippen LogP contribution in [0.2, 0.25) is 5.02 Å². The lowest BCUT2D eigenvalue weighted by molar-refractivity contribution is 0.337. The van der Waals surface area contributed by atoms with Gasteiger partial charge in [-0.2, -0.15) is 0 Å². The fraction of sp³-hybridized carbons (Fsp3) is 0.455. The van der Waals surface area contributed by atoms with Crippen molar-refractivity contribution in [3.63, 3.8) is 0 Å². The van der Waals surface area contributed by atoms with Crippen LogP contribution in [-0.2, 0) is 0 Å². The molecule has 1 atom stereocenters. The minimum Gasteiger partial charge on any atom is -0.493 e. The average molecular weight is 217 g/mol. The zero-order valence-corrected chi connectivity index (χ0v) is 9.36. The molecule has 0 bridgehead atoms. The molecule has 0 saturated heterocycles. The van der Waals surface area contributed by atoms with E-state index in [-0.39, 0.29) is 16.8 Å². The Hall–Kier alpha value is -0.760. The molecule has 0 N–H and O–H groups in total. The van der Waals surface area contributed by atoms with Gasteiger partial charge in [0.25, 0.3) is 0 Å². The van der Waals surface area contributed by atoms with Crippen molar-refractivity contribution in [3.8, 4) is 5.75 Å². The molecule has 0 radical (unpaired) electrons. The maximum atomic E-state index is 13.0. The maximum Gasteiger partial charge on any atom is 0.142 e. The average Bonchev–Trinajstić information content (AvgIpc) is 2.58. The van der Waals surface area contributed by atoms with Crippen LogP contribution in [0.4, 0.5) is 4.39 Å². The minimum absolute atomic E-state index is 0.197. The van der Waals surface area contributed by atoms with Gasteiger partial charge < -0.3 is 4.74 Å². The Morgan fingerprint density at radius 2 is 2.07 bits per heavy atom. The second kappa shape index (κ2) is 4.65. The van der Waals surface area contributed by atoms with Gasteiger partial charge in [0.15, 0.2) is 0 Å². The third-order valence-electron chi connectivity index (χ3n) is 2.07.